The zero-order valence-electron chi connectivity index (χ0n) is 15.0. The second kappa shape index (κ2) is 7.21. The monoisotopic (exact) mass is 384 g/mol. The predicted octanol–water partition coefficient (Wildman–Crippen LogP) is 5.37. The molecular weight excluding hydrogens is 368 g/mol. The van der Waals surface area contributed by atoms with Gasteiger partial charge >= 0.3 is 0 Å². The lowest BCUT2D eigenvalue weighted by Crippen LogP contribution is -2.29. The smallest absolute Gasteiger partial charge is 0.266 e. The van der Waals surface area contributed by atoms with Gasteiger partial charge in [0.2, 0.25) is 0 Å². The number of benzene rings is 2. The van der Waals surface area contributed by atoms with Crippen LogP contribution < -0.4 is 4.90 Å². The van der Waals surface area contributed by atoms with Gasteiger partial charge in [-0.05, 0) is 24.3 Å². The molecule has 0 spiro atoms. The first kappa shape index (κ1) is 17.8. The van der Waals surface area contributed by atoms with Gasteiger partial charge < -0.3 is 0 Å². The van der Waals surface area contributed by atoms with Crippen LogP contribution in [-0.4, -0.2) is 16.8 Å². The number of thiazole rings is 1. The zero-order chi connectivity index (χ0) is 19.7. The topological polar surface area (TPSA) is 50.3 Å². The van der Waals surface area contributed by atoms with Crippen LogP contribution in [0, 0.1) is 0 Å². The molecular formula is C23H16N2O2S. The summed E-state index contributed by atoms with van der Waals surface area (Å²) >= 11 is 1.52. The van der Waals surface area contributed by atoms with Crippen molar-refractivity contribution < 1.29 is 9.59 Å². The van der Waals surface area contributed by atoms with Crippen LogP contribution in [0.3, 0.4) is 0 Å². The van der Waals surface area contributed by atoms with Crippen LogP contribution >= 0.6 is 11.3 Å². The van der Waals surface area contributed by atoms with Gasteiger partial charge in [0, 0.05) is 16.5 Å². The van der Waals surface area contributed by atoms with Crippen LogP contribution in [0.4, 0.5) is 5.69 Å². The van der Waals surface area contributed by atoms with Gasteiger partial charge in [0.05, 0.1) is 22.5 Å². The van der Waals surface area contributed by atoms with E-state index in [1.54, 1.807) is 48.6 Å². The van der Waals surface area contributed by atoms with Crippen molar-refractivity contribution in [1.29, 1.82) is 0 Å². The van der Waals surface area contributed by atoms with Gasteiger partial charge in [-0.15, -0.1) is 11.3 Å². The van der Waals surface area contributed by atoms with Gasteiger partial charge in [0.15, 0.2) is 0 Å². The van der Waals surface area contributed by atoms with Crippen molar-refractivity contribution in [3.05, 3.63) is 101 Å². The molecule has 2 heterocycles. The molecule has 0 saturated carbocycles. The Morgan fingerprint density at radius 3 is 2.18 bits per heavy atom. The molecule has 1 aliphatic rings. The van der Waals surface area contributed by atoms with Crippen molar-refractivity contribution in [2.75, 3.05) is 4.90 Å². The number of imide groups is 1. The standard InChI is InChI=1S/C23H16N2O2S/c1-3-7-15(4-2)21-24-20(14-28-21)16-10-12-17(13-11-16)25-22(26)18-8-5-6-9-19(18)23(25)27/h3-14H,1-2H2. The summed E-state index contributed by atoms with van der Waals surface area (Å²) in [4.78, 5) is 31.1. The van der Waals surface area contributed by atoms with Crippen LogP contribution in [0.15, 0.2) is 85.3 Å². The zero-order valence-corrected chi connectivity index (χ0v) is 15.8. The third-order valence-corrected chi connectivity index (χ3v) is 5.38. The first-order valence-electron chi connectivity index (χ1n) is 8.63. The van der Waals surface area contributed by atoms with Crippen molar-refractivity contribution in [3.63, 3.8) is 0 Å². The Balaban J connectivity index is 1.62. The van der Waals surface area contributed by atoms with Crippen LogP contribution in [0.1, 0.15) is 25.7 Å². The van der Waals surface area contributed by atoms with E-state index in [0.717, 1.165) is 21.8 Å². The highest BCUT2D eigenvalue weighted by Crippen LogP contribution is 2.31. The molecule has 1 aliphatic heterocycles. The molecule has 4 nitrogen and oxygen atoms in total. The van der Waals surface area contributed by atoms with Crippen molar-refractivity contribution in [1.82, 2.24) is 4.98 Å². The van der Waals surface area contributed by atoms with E-state index >= 15 is 0 Å². The maximum Gasteiger partial charge on any atom is 0.266 e. The number of nitrogens with zero attached hydrogens (tertiary/aromatic N) is 2. The van der Waals surface area contributed by atoms with Crippen molar-refractivity contribution in [2.24, 2.45) is 0 Å². The Kier molecular flexibility index (Phi) is 4.59. The van der Waals surface area contributed by atoms with Gasteiger partial charge in [-0.2, -0.15) is 0 Å². The lowest BCUT2D eigenvalue weighted by molar-refractivity contribution is 0.0926. The van der Waals surface area contributed by atoms with E-state index < -0.39 is 0 Å². The molecule has 2 aromatic carbocycles. The number of rotatable bonds is 5. The van der Waals surface area contributed by atoms with E-state index in [-0.39, 0.29) is 11.8 Å². The number of carbonyl (C=O) groups excluding carboxylic acids is 2. The molecule has 0 atom stereocenters. The Morgan fingerprint density at radius 1 is 0.964 bits per heavy atom. The van der Waals surface area contributed by atoms with E-state index in [2.05, 4.69) is 18.1 Å². The summed E-state index contributed by atoms with van der Waals surface area (Å²) in [5.41, 5.74) is 4.06. The first-order valence-corrected chi connectivity index (χ1v) is 9.51. The van der Waals surface area contributed by atoms with E-state index in [1.807, 2.05) is 23.6 Å². The summed E-state index contributed by atoms with van der Waals surface area (Å²) < 4.78 is 0. The summed E-state index contributed by atoms with van der Waals surface area (Å²) in [7, 11) is 0. The van der Waals surface area contributed by atoms with Crippen LogP contribution in [0.25, 0.3) is 16.8 Å². The third-order valence-electron chi connectivity index (χ3n) is 4.48. The minimum Gasteiger partial charge on any atom is -0.268 e. The van der Waals surface area contributed by atoms with Crippen molar-refractivity contribution >= 4 is 34.4 Å². The van der Waals surface area contributed by atoms with Crippen molar-refractivity contribution in [3.8, 4) is 11.3 Å². The van der Waals surface area contributed by atoms with Gasteiger partial charge in [-0.1, -0.05) is 55.7 Å². The minimum atomic E-state index is -0.297. The molecule has 4 rings (SSSR count). The van der Waals surface area contributed by atoms with Gasteiger partial charge in [-0.3, -0.25) is 9.59 Å². The molecule has 3 aromatic rings. The third kappa shape index (κ3) is 2.92. The predicted molar refractivity (Wildman–Crippen MR) is 114 cm³/mol. The number of anilines is 1. The Bertz CT molecular complexity index is 1100. The number of amides is 2. The Hall–Kier alpha value is -3.57. The number of aromatic nitrogens is 1. The average molecular weight is 384 g/mol. The summed E-state index contributed by atoms with van der Waals surface area (Å²) in [6.45, 7) is 7.51. The summed E-state index contributed by atoms with van der Waals surface area (Å²) in [6, 6.07) is 14.1. The second-order valence-corrected chi connectivity index (χ2v) is 7.00. The molecule has 136 valence electrons. The maximum absolute atomic E-state index is 12.6. The van der Waals surface area contributed by atoms with Crippen LogP contribution in [0.5, 0.6) is 0 Å². The SMILES string of the molecule is C=CC=C(C=C)c1nc(-c2ccc(N3C(=O)c4ccccc4C3=O)cc2)cs1. The molecule has 0 unspecified atom stereocenters. The lowest BCUT2D eigenvalue weighted by atomic mass is 10.1. The normalized spacial score (nSPS) is 13.6. The molecule has 28 heavy (non-hydrogen) atoms. The highest BCUT2D eigenvalue weighted by molar-refractivity contribution is 7.11. The highest BCUT2D eigenvalue weighted by atomic mass is 32.1. The van der Waals surface area contributed by atoms with Gasteiger partial charge in [-0.25, -0.2) is 9.88 Å². The number of hydrogen-bond donors (Lipinski definition) is 0. The quantitative estimate of drug-likeness (QED) is 0.439. The van der Waals surface area contributed by atoms with E-state index in [9.17, 15) is 9.59 Å². The van der Waals surface area contributed by atoms with Crippen LogP contribution in [-0.2, 0) is 0 Å². The molecule has 5 heteroatoms. The molecule has 0 N–H and O–H groups in total. The number of hydrogen-bond acceptors (Lipinski definition) is 4. The van der Waals surface area contributed by atoms with Crippen LogP contribution in [0.2, 0.25) is 0 Å². The summed E-state index contributed by atoms with van der Waals surface area (Å²) in [6.07, 6.45) is 5.31. The summed E-state index contributed by atoms with van der Waals surface area (Å²) in [5.74, 6) is -0.594. The maximum atomic E-state index is 12.6. The molecule has 2 amide bonds. The Labute approximate surface area is 166 Å². The molecule has 0 fully saturated rings. The fourth-order valence-corrected chi connectivity index (χ4v) is 3.95. The first-order chi connectivity index (χ1) is 13.6. The van der Waals surface area contributed by atoms with E-state index in [4.69, 9.17) is 0 Å². The number of allylic oxidation sites excluding steroid dienone is 4. The molecule has 0 saturated heterocycles. The molecule has 0 bridgehead atoms. The molecule has 1 aromatic heterocycles. The summed E-state index contributed by atoms with van der Waals surface area (Å²) in [5, 5.41) is 2.82. The fraction of sp³-hybridized carbons (Fsp3) is 0. The highest BCUT2D eigenvalue weighted by Gasteiger charge is 2.36. The van der Waals surface area contributed by atoms with E-state index in [1.165, 1.54) is 16.2 Å². The largest absolute Gasteiger partial charge is 0.268 e. The van der Waals surface area contributed by atoms with Gasteiger partial charge in [0.1, 0.15) is 5.01 Å². The number of fused-ring (bicyclic) bond motifs is 1. The second-order valence-electron chi connectivity index (χ2n) is 6.14. The van der Waals surface area contributed by atoms with Crippen molar-refractivity contribution in [2.45, 2.75) is 0 Å². The molecule has 0 aliphatic carbocycles. The number of carbonyl (C=O) groups is 2. The molecule has 0 radical (unpaired) electrons. The Morgan fingerprint density at radius 2 is 1.61 bits per heavy atom. The van der Waals surface area contributed by atoms with E-state index in [0.29, 0.717) is 16.8 Å². The fourth-order valence-electron chi connectivity index (χ4n) is 3.10. The lowest BCUT2D eigenvalue weighted by Gasteiger charge is -2.14. The van der Waals surface area contributed by atoms with Gasteiger partial charge in [0.25, 0.3) is 11.8 Å². The minimum absolute atomic E-state index is 0.297. The average Bonchev–Trinajstić information content (AvgIpc) is 3.31.